The molecule has 21 heteroatoms. The molecule has 21 nitrogen and oxygen atoms in total. The summed E-state index contributed by atoms with van der Waals surface area (Å²) in [6, 6.07) is 1.46. The molecule has 0 saturated carbocycles. The number of carbonyl (C=O) groups excluding carboxylic acids is 9. The van der Waals surface area contributed by atoms with E-state index in [-0.39, 0.29) is 41.4 Å². The van der Waals surface area contributed by atoms with Crippen molar-refractivity contribution in [1.29, 1.82) is 0 Å². The first-order valence-corrected chi connectivity index (χ1v) is 17.4. The van der Waals surface area contributed by atoms with Crippen LogP contribution < -0.4 is 38.5 Å². The van der Waals surface area contributed by atoms with Crippen LogP contribution in [-0.2, 0) is 54.4 Å². The predicted molar refractivity (Wildman–Crippen MR) is 191 cm³/mol. The molecule has 1 aliphatic carbocycles. The molecular formula is C35H43N9O12. The molecule has 0 aromatic heterocycles. The molecule has 5 rings (SSSR count). The predicted octanol–water partition coefficient (Wildman–Crippen LogP) is -2.27. The zero-order valence-electron chi connectivity index (χ0n) is 31.1. The standard InChI is InChI=1S/C35H43N9O12/c1-14-25(37)28(48)24-20(13-55-33(38)52)35(54-5)29-22(11-43(35)26(24)27(14)47)44(29)34(53)56-12-18-6-8-19(9-7-18)41-32(51)21(10-23(36)46)42-31(50)16(3)40-30(49)15(2)39-17(4)45/h6-9,15-16,20-22,29H,10-13,37H2,1-5H3,(H2,36,46)(H2,38,52)(H,39,45)(H,40,49)(H,41,51)(H,42,50)/t15-,16-,20+,21-,22-,29?,35+,44?/m0/s1. The van der Waals surface area contributed by atoms with Crippen molar-refractivity contribution in [2.45, 2.75) is 76.7 Å². The monoisotopic (exact) mass is 781 g/mol. The number of nitrogens with one attached hydrogen (secondary N) is 4. The molecule has 0 radical (unpaired) electrons. The normalized spacial score (nSPS) is 23.6. The number of hydrogen-bond acceptors (Lipinski definition) is 14. The third-order valence-electron chi connectivity index (χ3n) is 10.1. The highest BCUT2D eigenvalue weighted by Gasteiger charge is 2.78. The van der Waals surface area contributed by atoms with Crippen LogP contribution in [0.25, 0.3) is 0 Å². The van der Waals surface area contributed by atoms with Gasteiger partial charge >= 0.3 is 12.2 Å². The highest BCUT2D eigenvalue weighted by molar-refractivity contribution is 6.25. The number of carbonyl (C=O) groups is 9. The Morgan fingerprint density at radius 2 is 1.54 bits per heavy atom. The van der Waals surface area contributed by atoms with Gasteiger partial charge in [0.1, 0.15) is 37.4 Å². The lowest BCUT2D eigenvalue weighted by Crippen LogP contribution is -2.56. The SMILES string of the molecule is CO[C@]12C3[C@H](CN1C1=C(C(=O)C(N)=C(C)C1=O)[C@H]2COC(N)=O)N3C(=O)OCc1ccc(NC(=O)[C@H](CC(N)=O)NC(=O)[C@H](C)NC(=O)[C@H](C)NC(C)=O)cc1. The van der Waals surface area contributed by atoms with Crippen molar-refractivity contribution in [3.63, 3.8) is 0 Å². The number of methoxy groups -OCH3 is 1. The summed E-state index contributed by atoms with van der Waals surface area (Å²) in [5.74, 6) is -5.64. The van der Waals surface area contributed by atoms with Crippen LogP contribution in [0.4, 0.5) is 15.3 Å². The van der Waals surface area contributed by atoms with Crippen LogP contribution in [0.2, 0.25) is 0 Å². The van der Waals surface area contributed by atoms with Crippen LogP contribution in [-0.4, -0.2) is 119 Å². The minimum Gasteiger partial charge on any atom is -0.449 e. The van der Waals surface area contributed by atoms with Crippen LogP contribution in [0.1, 0.15) is 39.7 Å². The summed E-state index contributed by atoms with van der Waals surface area (Å²) in [7, 11) is 1.36. The lowest BCUT2D eigenvalue weighted by molar-refractivity contribution is -0.144. The molecule has 2 fully saturated rings. The van der Waals surface area contributed by atoms with Crippen molar-refractivity contribution in [2.24, 2.45) is 23.1 Å². The lowest BCUT2D eigenvalue weighted by Gasteiger charge is -2.40. The summed E-state index contributed by atoms with van der Waals surface area (Å²) < 4.78 is 16.7. The minimum absolute atomic E-state index is 0.0170. The number of primary amides is 2. The van der Waals surface area contributed by atoms with Gasteiger partial charge in [-0.05, 0) is 38.5 Å². The van der Waals surface area contributed by atoms with E-state index in [2.05, 4.69) is 21.3 Å². The molecule has 3 aliphatic heterocycles. The van der Waals surface area contributed by atoms with E-state index in [1.165, 1.54) is 51.8 Å². The first-order chi connectivity index (χ1) is 26.3. The van der Waals surface area contributed by atoms with Gasteiger partial charge in [0.15, 0.2) is 5.72 Å². The molecule has 56 heavy (non-hydrogen) atoms. The smallest absolute Gasteiger partial charge is 0.410 e. The van der Waals surface area contributed by atoms with Crippen molar-refractivity contribution >= 4 is 59.0 Å². The zero-order chi connectivity index (χ0) is 41.4. The van der Waals surface area contributed by atoms with Crippen molar-refractivity contribution in [1.82, 2.24) is 25.8 Å². The lowest BCUT2D eigenvalue weighted by atomic mass is 9.82. The van der Waals surface area contributed by atoms with E-state index in [0.717, 1.165) is 0 Å². The van der Waals surface area contributed by atoms with Crippen molar-refractivity contribution in [2.75, 3.05) is 25.6 Å². The average Bonchev–Trinajstić information content (AvgIpc) is 3.65. The molecule has 2 saturated heterocycles. The Bertz CT molecular complexity index is 1960. The van der Waals surface area contributed by atoms with Crippen LogP contribution in [0, 0.1) is 5.92 Å². The summed E-state index contributed by atoms with van der Waals surface area (Å²) in [5, 5.41) is 9.75. The second kappa shape index (κ2) is 15.7. The number of amides is 7. The van der Waals surface area contributed by atoms with Crippen molar-refractivity contribution in [3.8, 4) is 0 Å². The summed E-state index contributed by atoms with van der Waals surface area (Å²) >= 11 is 0. The van der Waals surface area contributed by atoms with Gasteiger partial charge in [-0.2, -0.15) is 0 Å². The van der Waals surface area contributed by atoms with Crippen LogP contribution in [0.5, 0.6) is 0 Å². The average molecular weight is 782 g/mol. The maximum Gasteiger partial charge on any atom is 0.410 e. The van der Waals surface area contributed by atoms with Crippen LogP contribution >= 0.6 is 0 Å². The second-order valence-electron chi connectivity index (χ2n) is 13.8. The third kappa shape index (κ3) is 7.56. The first-order valence-electron chi connectivity index (χ1n) is 17.4. The molecule has 4 aliphatic rings. The number of nitrogens with zero attached hydrogens (tertiary/aromatic N) is 2. The number of Topliss-reactive ketones (excluding diaryl/α,β-unsaturated/α-hetero) is 2. The Hall–Kier alpha value is -6.51. The molecule has 300 valence electrons. The van der Waals surface area contributed by atoms with Crippen molar-refractivity contribution in [3.05, 3.63) is 52.4 Å². The van der Waals surface area contributed by atoms with Gasteiger partial charge in [-0.3, -0.25) is 38.5 Å². The van der Waals surface area contributed by atoms with E-state index in [1.54, 1.807) is 17.0 Å². The highest BCUT2D eigenvalue weighted by atomic mass is 16.6. The third-order valence-corrected chi connectivity index (χ3v) is 10.1. The summed E-state index contributed by atoms with van der Waals surface area (Å²) in [4.78, 5) is 116. The number of hydrogen-bond donors (Lipinski definition) is 7. The van der Waals surface area contributed by atoms with E-state index < -0.39 is 108 Å². The van der Waals surface area contributed by atoms with E-state index in [1.807, 2.05) is 0 Å². The number of benzene rings is 1. The largest absolute Gasteiger partial charge is 0.449 e. The molecular weight excluding hydrogens is 738 g/mol. The van der Waals surface area contributed by atoms with Gasteiger partial charge < -0.3 is 57.6 Å². The molecule has 7 atom stereocenters. The fourth-order valence-corrected chi connectivity index (χ4v) is 7.34. The Labute approximate surface area is 319 Å². The number of allylic oxidation sites excluding steroid dienone is 2. The number of piperazine rings is 1. The number of ether oxygens (including phenoxy) is 3. The molecule has 1 aromatic rings. The van der Waals surface area contributed by atoms with E-state index in [9.17, 15) is 43.2 Å². The van der Waals surface area contributed by atoms with E-state index in [0.29, 0.717) is 5.56 Å². The minimum atomic E-state index is -1.47. The zero-order valence-corrected chi connectivity index (χ0v) is 31.1. The molecule has 1 unspecified atom stereocenters. The topological polar surface area (TPSA) is 314 Å². The second-order valence-corrected chi connectivity index (χ2v) is 13.8. The fraction of sp³-hybridized carbons (Fsp3) is 0.457. The highest BCUT2D eigenvalue weighted by Crippen LogP contribution is 2.59. The Morgan fingerprint density at radius 1 is 0.911 bits per heavy atom. The van der Waals surface area contributed by atoms with E-state index in [4.69, 9.17) is 31.4 Å². The number of ketones is 2. The maximum atomic E-state index is 13.4. The van der Waals surface area contributed by atoms with Crippen LogP contribution in [0.3, 0.4) is 0 Å². The van der Waals surface area contributed by atoms with E-state index >= 15 is 0 Å². The van der Waals surface area contributed by atoms with Gasteiger partial charge in [-0.25, -0.2) is 9.59 Å². The molecule has 1 aromatic carbocycles. The van der Waals surface area contributed by atoms with Crippen LogP contribution in [0.15, 0.2) is 46.8 Å². The molecule has 0 bridgehead atoms. The summed E-state index contributed by atoms with van der Waals surface area (Å²) in [6.07, 6.45) is -2.39. The Morgan fingerprint density at radius 3 is 2.12 bits per heavy atom. The number of nitrogens with two attached hydrogens (primary N) is 3. The molecule has 7 amide bonds. The Balaban J connectivity index is 1.19. The number of anilines is 1. The first kappa shape index (κ1) is 40.7. The molecule has 0 spiro atoms. The summed E-state index contributed by atoms with van der Waals surface area (Å²) in [6.45, 7) is 4.94. The van der Waals surface area contributed by atoms with Gasteiger partial charge in [-0.1, -0.05) is 12.1 Å². The van der Waals surface area contributed by atoms with Gasteiger partial charge in [0.25, 0.3) is 0 Å². The van der Waals surface area contributed by atoms with Gasteiger partial charge in [0.2, 0.25) is 41.1 Å². The fourth-order valence-electron chi connectivity index (χ4n) is 7.34. The van der Waals surface area contributed by atoms with Gasteiger partial charge in [0, 0.05) is 37.4 Å². The maximum absolute atomic E-state index is 13.4. The van der Waals surface area contributed by atoms with Crippen molar-refractivity contribution < 1.29 is 57.4 Å². The van der Waals surface area contributed by atoms with Gasteiger partial charge in [-0.15, -0.1) is 0 Å². The number of fused-ring (bicyclic) bond motifs is 4. The Kier molecular flexibility index (Phi) is 11.4. The van der Waals surface area contributed by atoms with Gasteiger partial charge in [0.05, 0.1) is 29.8 Å². The number of rotatable bonds is 14. The summed E-state index contributed by atoms with van der Waals surface area (Å²) in [5.41, 5.74) is 15.8. The molecule has 3 heterocycles. The quantitative estimate of drug-likeness (QED) is 0.0774. The molecule has 10 N–H and O–H groups in total.